The number of thiazole rings is 1. The minimum atomic E-state index is -0.492. The van der Waals surface area contributed by atoms with Gasteiger partial charge in [0.2, 0.25) is 11.8 Å². The Labute approximate surface area is 173 Å². The number of amides is 2. The van der Waals surface area contributed by atoms with Gasteiger partial charge in [-0.2, -0.15) is 0 Å². The number of anilines is 1. The molecule has 11 heteroatoms. The largest absolute Gasteiger partial charge is 0.464 e. The number of nitrogens with one attached hydrogen (secondary N) is 2. The molecule has 2 atom stereocenters. The Kier molecular flexibility index (Phi) is 5.15. The predicted octanol–water partition coefficient (Wildman–Crippen LogP) is 2.27. The SMILES string of the molecule is COC(=O)c1cc(-c2csc(NC(=O)[C@H]3CS[C@]4(C)CSCC(=O)N34)n2)c[nH]1. The third-order valence-electron chi connectivity index (χ3n) is 4.66. The highest BCUT2D eigenvalue weighted by atomic mass is 32.2. The number of fused-ring (bicyclic) bond motifs is 1. The maximum atomic E-state index is 12.8. The first kappa shape index (κ1) is 19.3. The van der Waals surface area contributed by atoms with E-state index in [9.17, 15) is 14.4 Å². The number of H-pyrrole nitrogens is 1. The minimum absolute atomic E-state index is 0.00592. The van der Waals surface area contributed by atoms with Gasteiger partial charge in [0.25, 0.3) is 0 Å². The van der Waals surface area contributed by atoms with Gasteiger partial charge in [-0.25, -0.2) is 9.78 Å². The maximum absolute atomic E-state index is 12.8. The van der Waals surface area contributed by atoms with Crippen molar-refractivity contribution in [2.24, 2.45) is 0 Å². The molecular weight excluding hydrogens is 420 g/mol. The Morgan fingerprint density at radius 1 is 1.46 bits per heavy atom. The number of carbonyl (C=O) groups is 3. The molecule has 0 bridgehead atoms. The summed E-state index contributed by atoms with van der Waals surface area (Å²) in [7, 11) is 1.32. The van der Waals surface area contributed by atoms with Crippen LogP contribution < -0.4 is 5.32 Å². The van der Waals surface area contributed by atoms with Gasteiger partial charge in [-0.1, -0.05) is 0 Å². The number of rotatable bonds is 4. The number of nitrogens with zero attached hydrogens (tertiary/aromatic N) is 2. The van der Waals surface area contributed by atoms with Crippen LogP contribution in [0.25, 0.3) is 11.3 Å². The van der Waals surface area contributed by atoms with Gasteiger partial charge in [0.15, 0.2) is 5.13 Å². The van der Waals surface area contributed by atoms with Crippen LogP contribution >= 0.6 is 34.9 Å². The van der Waals surface area contributed by atoms with E-state index in [1.165, 1.54) is 18.4 Å². The molecule has 4 rings (SSSR count). The Bertz CT molecular complexity index is 942. The first-order valence-corrected chi connectivity index (χ1v) is 11.5. The molecule has 2 fully saturated rings. The molecule has 28 heavy (non-hydrogen) atoms. The topological polar surface area (TPSA) is 104 Å². The van der Waals surface area contributed by atoms with Gasteiger partial charge >= 0.3 is 5.97 Å². The zero-order valence-corrected chi connectivity index (χ0v) is 17.6. The van der Waals surface area contributed by atoms with Crippen molar-refractivity contribution in [2.75, 3.05) is 29.7 Å². The van der Waals surface area contributed by atoms with Crippen LogP contribution in [0.15, 0.2) is 17.6 Å². The summed E-state index contributed by atoms with van der Waals surface area (Å²) in [4.78, 5) is 45.4. The standard InChI is InChI=1S/C17H18N4O4S3/c1-17-8-26-7-13(22)21(17)12(6-28-17)14(23)20-16-19-11(5-27-16)9-3-10(18-4-9)15(24)25-2/h3-5,12,18H,6-8H2,1-2H3,(H,19,20,23)/t12-,17-/m1/s1. The molecule has 148 valence electrons. The fourth-order valence-corrected chi connectivity index (χ4v) is 6.72. The second-order valence-electron chi connectivity index (χ2n) is 6.58. The van der Waals surface area contributed by atoms with Crippen LogP contribution in [0, 0.1) is 0 Å². The molecule has 0 spiro atoms. The van der Waals surface area contributed by atoms with Gasteiger partial charge in [-0.05, 0) is 13.0 Å². The monoisotopic (exact) mass is 438 g/mol. The number of ether oxygens (including phenoxy) is 1. The lowest BCUT2D eigenvalue weighted by atomic mass is 10.2. The lowest BCUT2D eigenvalue weighted by Gasteiger charge is -2.40. The molecule has 2 amide bonds. The molecule has 2 aliphatic heterocycles. The predicted molar refractivity (Wildman–Crippen MR) is 111 cm³/mol. The van der Waals surface area contributed by atoms with E-state index in [1.54, 1.807) is 46.1 Å². The highest BCUT2D eigenvalue weighted by Crippen LogP contribution is 2.44. The molecule has 0 saturated carbocycles. The summed E-state index contributed by atoms with van der Waals surface area (Å²) in [6.07, 6.45) is 1.66. The minimum Gasteiger partial charge on any atom is -0.464 e. The number of methoxy groups -OCH3 is 1. The van der Waals surface area contributed by atoms with E-state index in [0.717, 1.165) is 11.3 Å². The Balaban J connectivity index is 1.47. The second kappa shape index (κ2) is 7.45. The Morgan fingerprint density at radius 3 is 3.07 bits per heavy atom. The zero-order chi connectivity index (χ0) is 19.9. The molecule has 8 nitrogen and oxygen atoms in total. The fourth-order valence-electron chi connectivity index (χ4n) is 3.29. The zero-order valence-electron chi connectivity index (χ0n) is 15.2. The first-order valence-electron chi connectivity index (χ1n) is 8.48. The Hall–Kier alpha value is -1.98. The summed E-state index contributed by atoms with van der Waals surface area (Å²) in [5.74, 6) is 1.14. The highest BCUT2D eigenvalue weighted by molar-refractivity contribution is 8.04. The van der Waals surface area contributed by atoms with Gasteiger partial charge in [-0.15, -0.1) is 34.9 Å². The van der Waals surface area contributed by atoms with E-state index in [0.29, 0.717) is 28.0 Å². The summed E-state index contributed by atoms with van der Waals surface area (Å²) < 4.78 is 4.68. The van der Waals surface area contributed by atoms with Crippen LogP contribution in [-0.2, 0) is 14.3 Å². The van der Waals surface area contributed by atoms with Gasteiger partial charge in [0, 0.05) is 28.6 Å². The molecule has 0 radical (unpaired) electrons. The van der Waals surface area contributed by atoms with E-state index >= 15 is 0 Å². The van der Waals surface area contributed by atoms with Crippen LogP contribution in [0.2, 0.25) is 0 Å². The molecule has 2 aliphatic rings. The molecule has 0 aliphatic carbocycles. The van der Waals surface area contributed by atoms with E-state index in [2.05, 4.69) is 20.0 Å². The number of aromatic amines is 1. The van der Waals surface area contributed by atoms with Crippen LogP contribution in [-0.4, -0.2) is 67.9 Å². The lowest BCUT2D eigenvalue weighted by molar-refractivity contribution is -0.138. The smallest absolute Gasteiger partial charge is 0.354 e. The normalized spacial score (nSPS) is 24.1. The van der Waals surface area contributed by atoms with Crippen molar-refractivity contribution in [3.63, 3.8) is 0 Å². The molecule has 0 unspecified atom stereocenters. The average Bonchev–Trinajstić information content (AvgIpc) is 3.38. The van der Waals surface area contributed by atoms with Crippen LogP contribution in [0.1, 0.15) is 17.4 Å². The van der Waals surface area contributed by atoms with E-state index in [1.807, 2.05) is 6.92 Å². The van der Waals surface area contributed by atoms with Crippen LogP contribution in [0.5, 0.6) is 0 Å². The summed E-state index contributed by atoms with van der Waals surface area (Å²) in [6, 6.07) is 1.16. The number of carbonyl (C=O) groups excluding carboxylic acids is 3. The molecular formula is C17H18N4O4S3. The molecule has 2 aromatic rings. The quantitative estimate of drug-likeness (QED) is 0.706. The number of hydrogen-bond acceptors (Lipinski definition) is 8. The second-order valence-corrected chi connectivity index (χ2v) is 9.92. The van der Waals surface area contributed by atoms with Crippen molar-refractivity contribution < 1.29 is 19.1 Å². The van der Waals surface area contributed by atoms with Gasteiger partial charge in [0.05, 0.1) is 23.4 Å². The van der Waals surface area contributed by atoms with E-state index in [4.69, 9.17) is 0 Å². The lowest BCUT2D eigenvalue weighted by Crippen LogP contribution is -2.56. The molecule has 2 N–H and O–H groups in total. The average molecular weight is 439 g/mol. The molecule has 4 heterocycles. The summed E-state index contributed by atoms with van der Waals surface area (Å²) in [5.41, 5.74) is 1.70. The fraction of sp³-hybridized carbons (Fsp3) is 0.412. The summed E-state index contributed by atoms with van der Waals surface area (Å²) >= 11 is 4.56. The number of hydrogen-bond donors (Lipinski definition) is 2. The van der Waals surface area contributed by atoms with Crippen molar-refractivity contribution in [3.8, 4) is 11.3 Å². The molecule has 2 aromatic heterocycles. The van der Waals surface area contributed by atoms with E-state index < -0.39 is 12.0 Å². The summed E-state index contributed by atoms with van der Waals surface area (Å²) in [6.45, 7) is 2.02. The number of aromatic nitrogens is 2. The molecule has 2 saturated heterocycles. The van der Waals surface area contributed by atoms with Gasteiger partial charge in [-0.3, -0.25) is 9.59 Å². The maximum Gasteiger partial charge on any atom is 0.354 e. The van der Waals surface area contributed by atoms with Crippen molar-refractivity contribution in [2.45, 2.75) is 17.8 Å². The van der Waals surface area contributed by atoms with Gasteiger partial charge < -0.3 is 19.9 Å². The van der Waals surface area contributed by atoms with Crippen LogP contribution in [0.3, 0.4) is 0 Å². The van der Waals surface area contributed by atoms with Crippen molar-refractivity contribution in [1.82, 2.24) is 14.9 Å². The summed E-state index contributed by atoms with van der Waals surface area (Å²) in [5, 5.41) is 5.10. The van der Waals surface area contributed by atoms with Gasteiger partial charge in [0.1, 0.15) is 11.7 Å². The van der Waals surface area contributed by atoms with Crippen molar-refractivity contribution in [3.05, 3.63) is 23.3 Å². The molecule has 0 aromatic carbocycles. The third kappa shape index (κ3) is 3.42. The van der Waals surface area contributed by atoms with Crippen molar-refractivity contribution in [1.29, 1.82) is 0 Å². The number of thioether (sulfide) groups is 2. The first-order chi connectivity index (χ1) is 13.4. The third-order valence-corrected chi connectivity index (χ3v) is 8.26. The Morgan fingerprint density at radius 2 is 2.29 bits per heavy atom. The van der Waals surface area contributed by atoms with Crippen LogP contribution in [0.4, 0.5) is 5.13 Å². The van der Waals surface area contributed by atoms with Crippen molar-refractivity contribution >= 4 is 57.8 Å². The number of esters is 1. The highest BCUT2D eigenvalue weighted by Gasteiger charge is 2.51. The van der Waals surface area contributed by atoms with E-state index in [-0.39, 0.29) is 16.7 Å².